The van der Waals surface area contributed by atoms with E-state index < -0.39 is 0 Å². The molecule has 0 radical (unpaired) electrons. The van der Waals surface area contributed by atoms with Crippen LogP contribution in [0.15, 0.2) is 0 Å². The molecular weight excluding hydrogens is 248 g/mol. The van der Waals surface area contributed by atoms with E-state index in [1.807, 2.05) is 0 Å². The van der Waals surface area contributed by atoms with E-state index >= 15 is 0 Å². The van der Waals surface area contributed by atoms with Crippen LogP contribution in [0, 0.1) is 11.8 Å². The maximum Gasteiger partial charge on any atom is 0.0385 e. The zero-order valence-corrected chi connectivity index (χ0v) is 13.4. The highest BCUT2D eigenvalue weighted by atomic mass is 15.3. The molecule has 0 amide bonds. The molecule has 2 bridgehead atoms. The van der Waals surface area contributed by atoms with E-state index in [1.54, 1.807) is 0 Å². The minimum absolute atomic E-state index is 0.316. The summed E-state index contributed by atoms with van der Waals surface area (Å²) in [6, 6.07) is 0. The van der Waals surface area contributed by atoms with Crippen molar-refractivity contribution in [1.82, 2.24) is 14.7 Å². The second-order valence-corrected chi connectivity index (χ2v) is 7.53. The van der Waals surface area contributed by atoms with Crippen LogP contribution in [0.5, 0.6) is 0 Å². The zero-order valence-electron chi connectivity index (χ0n) is 13.4. The maximum atomic E-state index is 6.30. The van der Waals surface area contributed by atoms with Gasteiger partial charge >= 0.3 is 0 Å². The molecule has 0 aromatic rings. The molecule has 4 heteroatoms. The Morgan fingerprint density at radius 2 is 1.85 bits per heavy atom. The third-order valence-corrected chi connectivity index (χ3v) is 5.87. The molecule has 116 valence electrons. The Balaban J connectivity index is 1.63. The van der Waals surface area contributed by atoms with E-state index in [0.29, 0.717) is 5.54 Å². The Morgan fingerprint density at radius 3 is 2.50 bits per heavy atom. The average molecular weight is 280 g/mol. The predicted molar refractivity (Wildman–Crippen MR) is 83.8 cm³/mol. The highest BCUT2D eigenvalue weighted by Gasteiger charge is 2.49. The largest absolute Gasteiger partial charge is 0.329 e. The van der Waals surface area contributed by atoms with Crippen molar-refractivity contribution in [3.63, 3.8) is 0 Å². The topological polar surface area (TPSA) is 35.7 Å². The molecule has 3 atom stereocenters. The summed E-state index contributed by atoms with van der Waals surface area (Å²) >= 11 is 0. The normalized spacial score (nSPS) is 39.6. The number of rotatable bonds is 4. The lowest BCUT2D eigenvalue weighted by Crippen LogP contribution is -2.66. The van der Waals surface area contributed by atoms with Crippen molar-refractivity contribution in [1.29, 1.82) is 0 Å². The van der Waals surface area contributed by atoms with Gasteiger partial charge in [0.15, 0.2) is 0 Å². The number of piperazine rings is 1. The van der Waals surface area contributed by atoms with Gasteiger partial charge in [0.05, 0.1) is 0 Å². The fraction of sp³-hybridized carbons (Fsp3) is 1.00. The number of nitrogens with zero attached hydrogens (tertiary/aromatic N) is 3. The first-order valence-electron chi connectivity index (χ1n) is 8.54. The van der Waals surface area contributed by atoms with Gasteiger partial charge in [-0.15, -0.1) is 0 Å². The first kappa shape index (κ1) is 14.8. The number of nitrogens with two attached hydrogens (primary N) is 1. The van der Waals surface area contributed by atoms with E-state index in [9.17, 15) is 0 Å². The Labute approximate surface area is 124 Å². The van der Waals surface area contributed by atoms with Crippen LogP contribution in [0.2, 0.25) is 0 Å². The number of fused-ring (bicyclic) bond motifs is 2. The van der Waals surface area contributed by atoms with Crippen LogP contribution in [-0.2, 0) is 0 Å². The van der Waals surface area contributed by atoms with Gasteiger partial charge < -0.3 is 15.5 Å². The van der Waals surface area contributed by atoms with Crippen LogP contribution in [0.1, 0.15) is 26.7 Å². The maximum absolute atomic E-state index is 6.30. The Kier molecular flexibility index (Phi) is 4.37. The molecule has 3 fully saturated rings. The van der Waals surface area contributed by atoms with Gasteiger partial charge in [-0.25, -0.2) is 0 Å². The lowest BCUT2D eigenvalue weighted by atomic mass is 9.77. The highest BCUT2D eigenvalue weighted by molar-refractivity contribution is 5.06. The zero-order chi connectivity index (χ0) is 14.2. The minimum Gasteiger partial charge on any atom is -0.329 e. The predicted octanol–water partition coefficient (Wildman–Crippen LogP) is 0.683. The Hall–Kier alpha value is -0.160. The van der Waals surface area contributed by atoms with Crippen molar-refractivity contribution >= 4 is 0 Å². The van der Waals surface area contributed by atoms with Crippen LogP contribution < -0.4 is 5.73 Å². The summed E-state index contributed by atoms with van der Waals surface area (Å²) in [7, 11) is 0. The molecule has 0 spiro atoms. The van der Waals surface area contributed by atoms with Crippen molar-refractivity contribution in [2.24, 2.45) is 17.6 Å². The highest BCUT2D eigenvalue weighted by Crippen LogP contribution is 2.39. The molecule has 3 saturated heterocycles. The SMILES string of the molecule is CC(C)CN1CCN(C2(CN)CCN3CCC2C3)CC1. The fourth-order valence-electron chi connectivity index (χ4n) is 4.74. The molecule has 3 unspecified atom stereocenters. The molecule has 20 heavy (non-hydrogen) atoms. The van der Waals surface area contributed by atoms with Crippen LogP contribution in [0.3, 0.4) is 0 Å². The lowest BCUT2D eigenvalue weighted by Gasteiger charge is -2.52. The van der Waals surface area contributed by atoms with Crippen LogP contribution in [-0.4, -0.2) is 79.1 Å². The van der Waals surface area contributed by atoms with Crippen LogP contribution in [0.4, 0.5) is 0 Å². The van der Waals surface area contributed by atoms with E-state index in [0.717, 1.165) is 18.4 Å². The molecule has 3 aliphatic rings. The molecule has 2 N–H and O–H groups in total. The molecule has 3 aliphatic heterocycles. The van der Waals surface area contributed by atoms with Gasteiger partial charge in [-0.3, -0.25) is 4.90 Å². The van der Waals surface area contributed by atoms with Gasteiger partial charge in [0.1, 0.15) is 0 Å². The summed E-state index contributed by atoms with van der Waals surface area (Å²) in [5.74, 6) is 1.60. The van der Waals surface area contributed by atoms with Crippen molar-refractivity contribution in [2.75, 3.05) is 58.9 Å². The quantitative estimate of drug-likeness (QED) is 0.822. The first-order chi connectivity index (χ1) is 9.64. The third kappa shape index (κ3) is 2.63. The lowest BCUT2D eigenvalue weighted by molar-refractivity contribution is -0.0239. The van der Waals surface area contributed by atoms with Gasteiger partial charge in [0.25, 0.3) is 0 Å². The molecule has 4 nitrogen and oxygen atoms in total. The summed E-state index contributed by atoms with van der Waals surface area (Å²) in [4.78, 5) is 8.03. The van der Waals surface area contributed by atoms with Crippen molar-refractivity contribution in [2.45, 2.75) is 32.2 Å². The van der Waals surface area contributed by atoms with Gasteiger partial charge in [0.2, 0.25) is 0 Å². The van der Waals surface area contributed by atoms with E-state index in [1.165, 1.54) is 65.2 Å². The molecular formula is C16H32N4. The third-order valence-electron chi connectivity index (χ3n) is 5.87. The van der Waals surface area contributed by atoms with Crippen molar-refractivity contribution < 1.29 is 0 Å². The molecule has 3 rings (SSSR count). The molecule has 3 heterocycles. The van der Waals surface area contributed by atoms with Crippen molar-refractivity contribution in [3.05, 3.63) is 0 Å². The van der Waals surface area contributed by atoms with Gasteiger partial charge in [-0.2, -0.15) is 0 Å². The average Bonchev–Trinajstić information content (AvgIpc) is 2.84. The molecule has 0 aromatic heterocycles. The van der Waals surface area contributed by atoms with Gasteiger partial charge in [0, 0.05) is 51.4 Å². The van der Waals surface area contributed by atoms with Crippen molar-refractivity contribution in [3.8, 4) is 0 Å². The number of hydrogen-bond acceptors (Lipinski definition) is 4. The van der Waals surface area contributed by atoms with E-state index in [4.69, 9.17) is 5.73 Å². The van der Waals surface area contributed by atoms with Gasteiger partial charge in [-0.05, 0) is 37.8 Å². The van der Waals surface area contributed by atoms with Gasteiger partial charge in [-0.1, -0.05) is 13.8 Å². The Bertz CT molecular complexity index is 324. The minimum atomic E-state index is 0.316. The summed E-state index contributed by atoms with van der Waals surface area (Å²) in [6.45, 7) is 15.5. The second kappa shape index (κ2) is 5.91. The monoisotopic (exact) mass is 280 g/mol. The molecule has 0 aromatic carbocycles. The Morgan fingerprint density at radius 1 is 1.10 bits per heavy atom. The van der Waals surface area contributed by atoms with E-state index in [2.05, 4.69) is 28.5 Å². The van der Waals surface area contributed by atoms with Crippen LogP contribution in [0.25, 0.3) is 0 Å². The summed E-state index contributed by atoms with van der Waals surface area (Å²) in [6.07, 6.45) is 2.65. The summed E-state index contributed by atoms with van der Waals surface area (Å²) in [5.41, 5.74) is 6.61. The second-order valence-electron chi connectivity index (χ2n) is 7.53. The number of piperidine rings is 1. The van der Waals surface area contributed by atoms with E-state index in [-0.39, 0.29) is 0 Å². The molecule has 0 aliphatic carbocycles. The van der Waals surface area contributed by atoms with Crippen LogP contribution >= 0.6 is 0 Å². The molecule has 0 saturated carbocycles. The number of hydrogen-bond donors (Lipinski definition) is 1. The fourth-order valence-corrected chi connectivity index (χ4v) is 4.74. The standard InChI is InChI=1S/C16H32N4/c1-14(2)11-19-7-9-20(10-8-19)16(13-17)4-6-18-5-3-15(16)12-18/h14-15H,3-13,17H2,1-2H3. The summed E-state index contributed by atoms with van der Waals surface area (Å²) < 4.78 is 0. The first-order valence-corrected chi connectivity index (χ1v) is 8.54. The smallest absolute Gasteiger partial charge is 0.0385 e. The summed E-state index contributed by atoms with van der Waals surface area (Å²) in [5, 5.41) is 0.